The van der Waals surface area contributed by atoms with E-state index in [1.807, 2.05) is 36.9 Å². The summed E-state index contributed by atoms with van der Waals surface area (Å²) in [4.78, 5) is 0. The summed E-state index contributed by atoms with van der Waals surface area (Å²) in [6.07, 6.45) is 0.704. The van der Waals surface area contributed by atoms with E-state index in [1.54, 1.807) is 6.07 Å². The lowest BCUT2D eigenvalue weighted by atomic mass is 10.0. The number of hydrogen-bond donors (Lipinski definition) is 1. The number of aromatic nitrogens is 2. The fraction of sp³-hybridized carbons (Fsp3) is 0.308. The Morgan fingerprint density at radius 1 is 1.28 bits per heavy atom. The van der Waals surface area contributed by atoms with Crippen molar-refractivity contribution in [3.63, 3.8) is 0 Å². The molecule has 1 heterocycles. The van der Waals surface area contributed by atoms with Crippen molar-refractivity contribution < 1.29 is 0 Å². The Hall–Kier alpha value is -1.03. The molecule has 0 aliphatic carbocycles. The SMILES string of the molecule is Cc1cc(C(N)Cc2ccc(Cl)c(Cl)c2)n(C)n1. The molecule has 2 aromatic rings. The van der Waals surface area contributed by atoms with Gasteiger partial charge in [0.1, 0.15) is 0 Å². The molecule has 5 heteroatoms. The highest BCUT2D eigenvalue weighted by Gasteiger charge is 2.13. The smallest absolute Gasteiger partial charge is 0.0597 e. The van der Waals surface area contributed by atoms with Gasteiger partial charge >= 0.3 is 0 Å². The fourth-order valence-electron chi connectivity index (χ4n) is 2.00. The third-order valence-corrected chi connectivity index (χ3v) is 3.60. The molecule has 0 fully saturated rings. The van der Waals surface area contributed by atoms with Gasteiger partial charge in [-0.15, -0.1) is 0 Å². The van der Waals surface area contributed by atoms with Crippen LogP contribution in [0.15, 0.2) is 24.3 Å². The van der Waals surface area contributed by atoms with E-state index in [2.05, 4.69) is 5.10 Å². The van der Waals surface area contributed by atoms with Gasteiger partial charge in [-0.1, -0.05) is 29.3 Å². The molecule has 2 rings (SSSR count). The van der Waals surface area contributed by atoms with Crippen LogP contribution in [0.3, 0.4) is 0 Å². The van der Waals surface area contributed by atoms with Crippen LogP contribution in [-0.4, -0.2) is 9.78 Å². The number of nitrogens with zero attached hydrogens (tertiary/aromatic N) is 2. The second-order valence-corrected chi connectivity index (χ2v) is 5.21. The number of nitrogens with two attached hydrogens (primary N) is 1. The van der Waals surface area contributed by atoms with Gasteiger partial charge in [0.2, 0.25) is 0 Å². The van der Waals surface area contributed by atoms with Crippen LogP contribution in [0.25, 0.3) is 0 Å². The molecule has 1 aromatic heterocycles. The van der Waals surface area contributed by atoms with Crippen molar-refractivity contribution >= 4 is 23.2 Å². The average Bonchev–Trinajstić information content (AvgIpc) is 2.63. The minimum atomic E-state index is -0.103. The first-order valence-corrected chi connectivity index (χ1v) is 6.43. The molecule has 96 valence electrons. The molecule has 0 amide bonds. The van der Waals surface area contributed by atoms with Crippen LogP contribution in [0.5, 0.6) is 0 Å². The number of halogens is 2. The van der Waals surface area contributed by atoms with E-state index in [0.717, 1.165) is 17.0 Å². The molecular formula is C13H15Cl2N3. The molecule has 0 aliphatic rings. The van der Waals surface area contributed by atoms with Crippen LogP contribution in [0.2, 0.25) is 10.0 Å². The molecule has 0 spiro atoms. The Bertz CT molecular complexity index is 563. The van der Waals surface area contributed by atoms with Crippen molar-refractivity contribution in [2.75, 3.05) is 0 Å². The number of rotatable bonds is 3. The molecule has 0 bridgehead atoms. The topological polar surface area (TPSA) is 43.8 Å². The maximum atomic E-state index is 6.19. The molecule has 18 heavy (non-hydrogen) atoms. The summed E-state index contributed by atoms with van der Waals surface area (Å²) in [5.74, 6) is 0. The first kappa shape index (κ1) is 13.4. The van der Waals surface area contributed by atoms with Gasteiger partial charge in [-0.3, -0.25) is 4.68 Å². The summed E-state index contributed by atoms with van der Waals surface area (Å²) in [5.41, 5.74) is 9.24. The molecule has 2 N–H and O–H groups in total. The maximum Gasteiger partial charge on any atom is 0.0597 e. The minimum absolute atomic E-state index is 0.103. The van der Waals surface area contributed by atoms with E-state index in [1.165, 1.54) is 0 Å². The molecule has 0 aliphatic heterocycles. The molecular weight excluding hydrogens is 269 g/mol. The lowest BCUT2D eigenvalue weighted by Crippen LogP contribution is -2.17. The van der Waals surface area contributed by atoms with Crippen molar-refractivity contribution in [1.29, 1.82) is 0 Å². The zero-order chi connectivity index (χ0) is 13.3. The second kappa shape index (κ2) is 5.31. The van der Waals surface area contributed by atoms with E-state index in [9.17, 15) is 0 Å². The zero-order valence-corrected chi connectivity index (χ0v) is 11.8. The van der Waals surface area contributed by atoms with E-state index < -0.39 is 0 Å². The van der Waals surface area contributed by atoms with Crippen LogP contribution in [0.4, 0.5) is 0 Å². The summed E-state index contributed by atoms with van der Waals surface area (Å²) in [6.45, 7) is 1.95. The first-order valence-electron chi connectivity index (χ1n) is 5.67. The molecule has 3 nitrogen and oxygen atoms in total. The molecule has 0 radical (unpaired) electrons. The molecule has 1 unspecified atom stereocenters. The highest BCUT2D eigenvalue weighted by molar-refractivity contribution is 6.42. The fourth-order valence-corrected chi connectivity index (χ4v) is 2.32. The number of benzene rings is 1. The Labute approximate surface area is 117 Å². The van der Waals surface area contributed by atoms with Gasteiger partial charge < -0.3 is 5.73 Å². The van der Waals surface area contributed by atoms with Gasteiger partial charge in [0.05, 0.1) is 27.5 Å². The summed E-state index contributed by atoms with van der Waals surface area (Å²) in [6, 6.07) is 7.49. The summed E-state index contributed by atoms with van der Waals surface area (Å²) < 4.78 is 1.82. The van der Waals surface area contributed by atoms with Gasteiger partial charge in [0, 0.05) is 7.05 Å². The lowest BCUT2D eigenvalue weighted by molar-refractivity contribution is 0.615. The van der Waals surface area contributed by atoms with E-state index in [0.29, 0.717) is 16.5 Å². The van der Waals surface area contributed by atoms with E-state index in [4.69, 9.17) is 28.9 Å². The van der Waals surface area contributed by atoms with Crippen molar-refractivity contribution in [2.24, 2.45) is 12.8 Å². The molecule has 0 saturated heterocycles. The highest BCUT2D eigenvalue weighted by Crippen LogP contribution is 2.25. The number of hydrogen-bond acceptors (Lipinski definition) is 2. The van der Waals surface area contributed by atoms with Crippen LogP contribution in [0, 0.1) is 6.92 Å². The maximum absolute atomic E-state index is 6.19. The van der Waals surface area contributed by atoms with Crippen molar-refractivity contribution in [3.05, 3.63) is 51.3 Å². The van der Waals surface area contributed by atoms with E-state index in [-0.39, 0.29) is 6.04 Å². The molecule has 0 saturated carbocycles. The third-order valence-electron chi connectivity index (χ3n) is 2.86. The van der Waals surface area contributed by atoms with Crippen LogP contribution >= 0.6 is 23.2 Å². The van der Waals surface area contributed by atoms with Gasteiger partial charge in [0.15, 0.2) is 0 Å². The predicted molar refractivity (Wildman–Crippen MR) is 75.0 cm³/mol. The summed E-state index contributed by atoms with van der Waals surface area (Å²) in [7, 11) is 1.90. The Balaban J connectivity index is 2.18. The lowest BCUT2D eigenvalue weighted by Gasteiger charge is -2.12. The standard InChI is InChI=1S/C13H15Cl2N3/c1-8-5-13(18(2)17-8)12(16)7-9-3-4-10(14)11(15)6-9/h3-6,12H,7,16H2,1-2H3. The second-order valence-electron chi connectivity index (χ2n) is 4.39. The summed E-state index contributed by atoms with van der Waals surface area (Å²) in [5, 5.41) is 5.41. The predicted octanol–water partition coefficient (Wildman–Crippen LogP) is 3.28. The van der Waals surface area contributed by atoms with Crippen LogP contribution in [0.1, 0.15) is 23.0 Å². The van der Waals surface area contributed by atoms with Gasteiger partial charge in [-0.05, 0) is 37.1 Å². The molecule has 1 aromatic carbocycles. The van der Waals surface area contributed by atoms with E-state index >= 15 is 0 Å². The average molecular weight is 284 g/mol. The monoisotopic (exact) mass is 283 g/mol. The first-order chi connectivity index (χ1) is 8.47. The summed E-state index contributed by atoms with van der Waals surface area (Å²) >= 11 is 11.9. The van der Waals surface area contributed by atoms with Crippen molar-refractivity contribution in [2.45, 2.75) is 19.4 Å². The Kier molecular flexibility index (Phi) is 3.95. The van der Waals surface area contributed by atoms with Crippen LogP contribution < -0.4 is 5.73 Å². The quantitative estimate of drug-likeness (QED) is 0.940. The molecule has 1 atom stereocenters. The number of aryl methyl sites for hydroxylation is 2. The van der Waals surface area contributed by atoms with Crippen molar-refractivity contribution in [3.8, 4) is 0 Å². The third kappa shape index (κ3) is 2.86. The van der Waals surface area contributed by atoms with Crippen molar-refractivity contribution in [1.82, 2.24) is 9.78 Å². The normalized spacial score (nSPS) is 12.7. The zero-order valence-electron chi connectivity index (χ0n) is 10.3. The van der Waals surface area contributed by atoms with Gasteiger partial charge in [-0.2, -0.15) is 5.10 Å². The minimum Gasteiger partial charge on any atom is -0.322 e. The van der Waals surface area contributed by atoms with Crippen LogP contribution in [-0.2, 0) is 13.5 Å². The Morgan fingerprint density at radius 3 is 2.56 bits per heavy atom. The highest BCUT2D eigenvalue weighted by atomic mass is 35.5. The largest absolute Gasteiger partial charge is 0.322 e. The van der Waals surface area contributed by atoms with Gasteiger partial charge in [0.25, 0.3) is 0 Å². The Morgan fingerprint density at radius 2 is 2.00 bits per heavy atom. The van der Waals surface area contributed by atoms with Gasteiger partial charge in [-0.25, -0.2) is 0 Å².